The minimum absolute atomic E-state index is 0.733. The summed E-state index contributed by atoms with van der Waals surface area (Å²) in [6, 6.07) is 2.09. The number of aromatic nitrogens is 2. The number of aryl methyl sites for hydroxylation is 1. The third-order valence-corrected chi connectivity index (χ3v) is 4.47. The molecule has 1 atom stereocenters. The molecule has 1 N–H and O–H groups in total. The molecule has 2 rings (SSSR count). The molecule has 100 valence electrons. The maximum absolute atomic E-state index is 4.61. The maximum atomic E-state index is 4.61. The van der Waals surface area contributed by atoms with Crippen molar-refractivity contribution < 1.29 is 0 Å². The Bertz CT molecular complexity index is 397. The topological polar surface area (TPSA) is 41.1 Å². The Hall–Kier alpha value is -0.970. The lowest BCUT2D eigenvalue weighted by Gasteiger charge is -2.33. The van der Waals surface area contributed by atoms with Crippen molar-refractivity contribution in [1.29, 1.82) is 0 Å². The second kappa shape index (κ2) is 6.27. The average molecular weight is 266 g/mol. The smallest absolute Gasteiger partial charge is 0.224 e. The number of rotatable bonds is 4. The molecule has 1 aromatic heterocycles. The van der Waals surface area contributed by atoms with Crippen LogP contribution >= 0.6 is 11.8 Å². The van der Waals surface area contributed by atoms with Crippen molar-refractivity contribution in [2.75, 3.05) is 35.6 Å². The first-order valence-corrected chi connectivity index (χ1v) is 7.74. The minimum atomic E-state index is 0.733. The lowest BCUT2D eigenvalue weighted by molar-refractivity contribution is 0.718. The Balaban J connectivity index is 2.16. The summed E-state index contributed by atoms with van der Waals surface area (Å²) >= 11 is 2.08. The predicted octanol–water partition coefficient (Wildman–Crippen LogP) is 2.55. The van der Waals surface area contributed by atoms with E-state index < -0.39 is 0 Å². The van der Waals surface area contributed by atoms with Gasteiger partial charge in [-0.3, -0.25) is 0 Å². The first-order chi connectivity index (χ1) is 8.72. The Morgan fingerprint density at radius 2 is 2.28 bits per heavy atom. The number of nitrogens with one attached hydrogen (secondary N) is 1. The van der Waals surface area contributed by atoms with Gasteiger partial charge >= 0.3 is 0 Å². The van der Waals surface area contributed by atoms with E-state index in [1.165, 1.54) is 12.2 Å². The molecule has 0 saturated carbocycles. The Labute approximate surface area is 114 Å². The van der Waals surface area contributed by atoms with E-state index in [9.17, 15) is 0 Å². The highest BCUT2D eigenvalue weighted by molar-refractivity contribution is 8.00. The number of hydrogen-bond acceptors (Lipinski definition) is 5. The summed E-state index contributed by atoms with van der Waals surface area (Å²) in [5, 5.41) is 3.93. The minimum Gasteiger partial charge on any atom is -0.355 e. The molecule has 18 heavy (non-hydrogen) atoms. The molecular weight excluding hydrogens is 244 g/mol. The van der Waals surface area contributed by atoms with Gasteiger partial charge in [0.2, 0.25) is 5.95 Å². The van der Waals surface area contributed by atoms with Crippen LogP contribution in [0.4, 0.5) is 11.8 Å². The molecule has 0 aromatic carbocycles. The van der Waals surface area contributed by atoms with Crippen LogP contribution in [0.5, 0.6) is 0 Å². The van der Waals surface area contributed by atoms with Crippen LogP contribution in [0.1, 0.15) is 26.0 Å². The quantitative estimate of drug-likeness (QED) is 0.907. The van der Waals surface area contributed by atoms with Crippen LogP contribution in [-0.4, -0.2) is 40.6 Å². The van der Waals surface area contributed by atoms with Crippen LogP contribution in [0.25, 0.3) is 0 Å². The highest BCUT2D eigenvalue weighted by atomic mass is 32.2. The summed E-state index contributed by atoms with van der Waals surface area (Å²) in [5.41, 5.74) is 1.03. The van der Waals surface area contributed by atoms with Crippen LogP contribution < -0.4 is 10.2 Å². The molecule has 0 spiro atoms. The molecule has 1 saturated heterocycles. The predicted molar refractivity (Wildman–Crippen MR) is 79.7 cm³/mol. The second-order valence-corrected chi connectivity index (χ2v) is 5.98. The standard InChI is InChI=1S/C13H22N4S/c1-4-11-9-17(6-7-18-11)12-8-10(3)15-13(16-12)14-5-2/h8,11H,4-7,9H2,1-3H3,(H,14,15,16). The molecule has 2 heterocycles. The highest BCUT2D eigenvalue weighted by Crippen LogP contribution is 2.25. The van der Waals surface area contributed by atoms with Gasteiger partial charge in [-0.15, -0.1) is 0 Å². The molecule has 1 aromatic rings. The average Bonchev–Trinajstić information content (AvgIpc) is 2.38. The van der Waals surface area contributed by atoms with E-state index in [2.05, 4.69) is 51.9 Å². The van der Waals surface area contributed by atoms with E-state index in [0.717, 1.165) is 42.3 Å². The SMILES string of the molecule is CCNc1nc(C)cc(N2CCSC(CC)C2)n1. The first kappa shape index (κ1) is 13.5. The summed E-state index contributed by atoms with van der Waals surface area (Å²) in [7, 11) is 0. The summed E-state index contributed by atoms with van der Waals surface area (Å²) in [5.74, 6) is 3.01. The molecule has 5 heteroatoms. The summed E-state index contributed by atoms with van der Waals surface area (Å²) in [4.78, 5) is 11.4. The van der Waals surface area contributed by atoms with Gasteiger partial charge in [-0.1, -0.05) is 6.92 Å². The number of nitrogens with zero attached hydrogens (tertiary/aromatic N) is 3. The molecule has 1 aliphatic rings. The molecule has 0 amide bonds. The number of thioether (sulfide) groups is 1. The van der Waals surface area contributed by atoms with Gasteiger partial charge in [-0.2, -0.15) is 16.7 Å². The van der Waals surface area contributed by atoms with Gasteiger partial charge in [-0.05, 0) is 20.3 Å². The molecule has 0 radical (unpaired) electrons. The van der Waals surface area contributed by atoms with E-state index in [0.29, 0.717) is 0 Å². The molecule has 1 unspecified atom stereocenters. The van der Waals surface area contributed by atoms with Crippen LogP contribution in [0.2, 0.25) is 0 Å². The van der Waals surface area contributed by atoms with Gasteiger partial charge in [0.15, 0.2) is 0 Å². The zero-order valence-electron chi connectivity index (χ0n) is 11.4. The lowest BCUT2D eigenvalue weighted by Crippen LogP contribution is -2.38. The Morgan fingerprint density at radius 3 is 3.00 bits per heavy atom. The van der Waals surface area contributed by atoms with E-state index >= 15 is 0 Å². The van der Waals surface area contributed by atoms with E-state index in [-0.39, 0.29) is 0 Å². The molecule has 0 aliphatic carbocycles. The van der Waals surface area contributed by atoms with Crippen molar-refractivity contribution >= 4 is 23.5 Å². The molecule has 0 bridgehead atoms. The summed E-state index contributed by atoms with van der Waals surface area (Å²) in [6.45, 7) is 9.40. The van der Waals surface area contributed by atoms with Gasteiger partial charge in [0.05, 0.1) is 0 Å². The summed E-state index contributed by atoms with van der Waals surface area (Å²) < 4.78 is 0. The van der Waals surface area contributed by atoms with Gasteiger partial charge < -0.3 is 10.2 Å². The zero-order chi connectivity index (χ0) is 13.0. The van der Waals surface area contributed by atoms with Gasteiger partial charge in [0.25, 0.3) is 0 Å². The fourth-order valence-electron chi connectivity index (χ4n) is 2.13. The van der Waals surface area contributed by atoms with E-state index in [1.807, 2.05) is 6.92 Å². The van der Waals surface area contributed by atoms with Crippen LogP contribution in [0.15, 0.2) is 6.07 Å². The highest BCUT2D eigenvalue weighted by Gasteiger charge is 2.20. The zero-order valence-corrected chi connectivity index (χ0v) is 12.3. The maximum Gasteiger partial charge on any atom is 0.224 e. The second-order valence-electron chi connectivity index (χ2n) is 4.57. The van der Waals surface area contributed by atoms with Gasteiger partial charge in [-0.25, -0.2) is 4.98 Å². The van der Waals surface area contributed by atoms with Gasteiger partial charge in [0.1, 0.15) is 5.82 Å². The van der Waals surface area contributed by atoms with Crippen molar-refractivity contribution in [1.82, 2.24) is 9.97 Å². The number of hydrogen-bond donors (Lipinski definition) is 1. The molecule has 1 aliphatic heterocycles. The van der Waals surface area contributed by atoms with E-state index in [1.54, 1.807) is 0 Å². The van der Waals surface area contributed by atoms with Crippen molar-refractivity contribution in [3.8, 4) is 0 Å². The third kappa shape index (κ3) is 3.28. The number of anilines is 2. The van der Waals surface area contributed by atoms with Crippen LogP contribution in [0, 0.1) is 6.92 Å². The van der Waals surface area contributed by atoms with Crippen molar-refractivity contribution in [3.05, 3.63) is 11.8 Å². The first-order valence-electron chi connectivity index (χ1n) is 6.69. The summed E-state index contributed by atoms with van der Waals surface area (Å²) in [6.07, 6.45) is 1.23. The van der Waals surface area contributed by atoms with Gasteiger partial charge in [0, 0.05) is 42.4 Å². The van der Waals surface area contributed by atoms with Crippen molar-refractivity contribution in [2.24, 2.45) is 0 Å². The normalized spacial score (nSPS) is 19.9. The molecule has 4 nitrogen and oxygen atoms in total. The Morgan fingerprint density at radius 1 is 1.44 bits per heavy atom. The van der Waals surface area contributed by atoms with Crippen molar-refractivity contribution in [3.63, 3.8) is 0 Å². The fraction of sp³-hybridized carbons (Fsp3) is 0.692. The monoisotopic (exact) mass is 266 g/mol. The van der Waals surface area contributed by atoms with Crippen LogP contribution in [-0.2, 0) is 0 Å². The molecule has 1 fully saturated rings. The third-order valence-electron chi connectivity index (χ3n) is 3.09. The fourth-order valence-corrected chi connectivity index (χ4v) is 3.31. The largest absolute Gasteiger partial charge is 0.355 e. The Kier molecular flexibility index (Phi) is 4.69. The van der Waals surface area contributed by atoms with Crippen molar-refractivity contribution in [2.45, 2.75) is 32.4 Å². The molecular formula is C13H22N4S. The van der Waals surface area contributed by atoms with Crippen LogP contribution in [0.3, 0.4) is 0 Å². The lowest BCUT2D eigenvalue weighted by atomic mass is 10.3. The van der Waals surface area contributed by atoms with E-state index in [4.69, 9.17) is 0 Å².